The summed E-state index contributed by atoms with van der Waals surface area (Å²) in [6, 6.07) is 0.448. The molecule has 0 aromatic carbocycles. The summed E-state index contributed by atoms with van der Waals surface area (Å²) in [6.07, 6.45) is 7.28. The van der Waals surface area contributed by atoms with Crippen molar-refractivity contribution >= 4 is 5.96 Å². The molecule has 5 heteroatoms. The Kier molecular flexibility index (Phi) is 7.87. The van der Waals surface area contributed by atoms with Crippen molar-refractivity contribution in [2.45, 2.75) is 53.0 Å². The summed E-state index contributed by atoms with van der Waals surface area (Å²) in [4.78, 5) is 4.64. The molecule has 0 aliphatic heterocycles. The lowest BCUT2D eigenvalue weighted by Gasteiger charge is -2.18. The first-order valence-corrected chi connectivity index (χ1v) is 8.03. The van der Waals surface area contributed by atoms with E-state index in [0.717, 1.165) is 31.4 Å². The lowest BCUT2D eigenvalue weighted by Crippen LogP contribution is -2.42. The standard InChI is InChI=1S/C16H31N5/c1-6-17-16(20-14(4)8-7-13(2)3)18-10-9-15-11-19-21(5)12-15/h11-14H,6-10H2,1-5H3,(H2,17,18,20). The molecule has 0 radical (unpaired) electrons. The van der Waals surface area contributed by atoms with E-state index in [1.165, 1.54) is 18.4 Å². The zero-order chi connectivity index (χ0) is 15.7. The van der Waals surface area contributed by atoms with E-state index in [9.17, 15) is 0 Å². The van der Waals surface area contributed by atoms with Crippen LogP contribution in [0.25, 0.3) is 0 Å². The highest BCUT2D eigenvalue weighted by atomic mass is 15.2. The van der Waals surface area contributed by atoms with Crippen molar-refractivity contribution in [3.05, 3.63) is 18.0 Å². The van der Waals surface area contributed by atoms with Crippen LogP contribution >= 0.6 is 0 Å². The molecule has 0 aliphatic rings. The van der Waals surface area contributed by atoms with Crippen LogP contribution in [0, 0.1) is 5.92 Å². The Balaban J connectivity index is 2.41. The summed E-state index contributed by atoms with van der Waals surface area (Å²) >= 11 is 0. The average molecular weight is 293 g/mol. The van der Waals surface area contributed by atoms with Gasteiger partial charge in [0.15, 0.2) is 5.96 Å². The quantitative estimate of drug-likeness (QED) is 0.571. The third-order valence-electron chi connectivity index (χ3n) is 3.33. The molecule has 0 amide bonds. The van der Waals surface area contributed by atoms with E-state index in [0.29, 0.717) is 6.04 Å². The zero-order valence-electron chi connectivity index (χ0n) is 14.2. The van der Waals surface area contributed by atoms with Crippen molar-refractivity contribution in [3.63, 3.8) is 0 Å². The number of aromatic nitrogens is 2. The molecule has 0 fully saturated rings. The Morgan fingerprint density at radius 2 is 2.10 bits per heavy atom. The highest BCUT2D eigenvalue weighted by Crippen LogP contribution is 2.06. The van der Waals surface area contributed by atoms with Gasteiger partial charge in [0.05, 0.1) is 6.20 Å². The van der Waals surface area contributed by atoms with Gasteiger partial charge in [-0.3, -0.25) is 9.67 Å². The molecule has 1 unspecified atom stereocenters. The molecule has 1 aromatic rings. The summed E-state index contributed by atoms with van der Waals surface area (Å²) in [5.74, 6) is 1.66. The molecule has 0 aliphatic carbocycles. The second-order valence-electron chi connectivity index (χ2n) is 6.05. The molecular formula is C16H31N5. The Labute approximate surface area is 129 Å². The average Bonchev–Trinajstić information content (AvgIpc) is 2.82. The van der Waals surface area contributed by atoms with Gasteiger partial charge in [-0.15, -0.1) is 0 Å². The van der Waals surface area contributed by atoms with E-state index in [4.69, 9.17) is 0 Å². The largest absolute Gasteiger partial charge is 0.357 e. The van der Waals surface area contributed by atoms with Gasteiger partial charge in [0.2, 0.25) is 0 Å². The molecule has 0 spiro atoms. The molecule has 21 heavy (non-hydrogen) atoms. The van der Waals surface area contributed by atoms with Crippen LogP contribution in [-0.2, 0) is 13.5 Å². The van der Waals surface area contributed by atoms with Gasteiger partial charge >= 0.3 is 0 Å². The minimum absolute atomic E-state index is 0.448. The van der Waals surface area contributed by atoms with Crippen LogP contribution in [0.4, 0.5) is 0 Å². The van der Waals surface area contributed by atoms with Gasteiger partial charge in [-0.25, -0.2) is 0 Å². The van der Waals surface area contributed by atoms with E-state index in [-0.39, 0.29) is 0 Å². The molecule has 0 bridgehead atoms. The molecule has 5 nitrogen and oxygen atoms in total. The van der Waals surface area contributed by atoms with Gasteiger partial charge in [-0.05, 0) is 44.6 Å². The minimum Gasteiger partial charge on any atom is -0.357 e. The van der Waals surface area contributed by atoms with Crippen molar-refractivity contribution in [1.82, 2.24) is 20.4 Å². The molecule has 2 N–H and O–H groups in total. The molecular weight excluding hydrogens is 262 g/mol. The summed E-state index contributed by atoms with van der Waals surface area (Å²) < 4.78 is 1.83. The summed E-state index contributed by atoms with van der Waals surface area (Å²) in [6.45, 7) is 10.5. The monoisotopic (exact) mass is 293 g/mol. The van der Waals surface area contributed by atoms with Crippen LogP contribution in [0.5, 0.6) is 0 Å². The molecule has 1 heterocycles. The third-order valence-corrected chi connectivity index (χ3v) is 3.33. The maximum Gasteiger partial charge on any atom is 0.191 e. The maximum atomic E-state index is 4.64. The summed E-state index contributed by atoms with van der Waals surface area (Å²) in [5, 5.41) is 11.0. The summed E-state index contributed by atoms with van der Waals surface area (Å²) in [5.41, 5.74) is 1.23. The molecule has 0 saturated carbocycles. The highest BCUT2D eigenvalue weighted by molar-refractivity contribution is 5.80. The third kappa shape index (κ3) is 7.73. The first-order valence-electron chi connectivity index (χ1n) is 8.03. The normalized spacial score (nSPS) is 13.5. The lowest BCUT2D eigenvalue weighted by atomic mass is 10.0. The van der Waals surface area contributed by atoms with Crippen LogP contribution in [0.3, 0.4) is 0 Å². The molecule has 0 saturated heterocycles. The maximum absolute atomic E-state index is 4.64. The fourth-order valence-electron chi connectivity index (χ4n) is 2.11. The van der Waals surface area contributed by atoms with Gasteiger partial charge in [-0.2, -0.15) is 5.10 Å². The number of nitrogens with one attached hydrogen (secondary N) is 2. The second kappa shape index (κ2) is 9.42. The van der Waals surface area contributed by atoms with Crippen molar-refractivity contribution in [3.8, 4) is 0 Å². The van der Waals surface area contributed by atoms with Gasteiger partial charge in [0.25, 0.3) is 0 Å². The lowest BCUT2D eigenvalue weighted by molar-refractivity contribution is 0.489. The van der Waals surface area contributed by atoms with Gasteiger partial charge in [0, 0.05) is 32.4 Å². The fraction of sp³-hybridized carbons (Fsp3) is 0.750. The van der Waals surface area contributed by atoms with E-state index >= 15 is 0 Å². The second-order valence-corrected chi connectivity index (χ2v) is 6.05. The highest BCUT2D eigenvalue weighted by Gasteiger charge is 2.06. The first kappa shape index (κ1) is 17.5. The van der Waals surface area contributed by atoms with Crippen LogP contribution < -0.4 is 10.6 Å². The number of hydrogen-bond acceptors (Lipinski definition) is 2. The SMILES string of the molecule is CCNC(=NCCc1cnn(C)c1)NC(C)CCC(C)C. The van der Waals surface area contributed by atoms with Crippen LogP contribution in [0.15, 0.2) is 17.4 Å². The number of rotatable bonds is 8. The van der Waals surface area contributed by atoms with Crippen molar-refractivity contribution in [1.29, 1.82) is 0 Å². The van der Waals surface area contributed by atoms with Gasteiger partial charge in [-0.1, -0.05) is 13.8 Å². The topological polar surface area (TPSA) is 54.2 Å². The van der Waals surface area contributed by atoms with Crippen molar-refractivity contribution < 1.29 is 0 Å². The zero-order valence-corrected chi connectivity index (χ0v) is 14.2. The molecule has 120 valence electrons. The fourth-order valence-corrected chi connectivity index (χ4v) is 2.11. The van der Waals surface area contributed by atoms with Gasteiger partial charge < -0.3 is 10.6 Å². The Morgan fingerprint density at radius 3 is 2.67 bits per heavy atom. The predicted octanol–water partition coefficient (Wildman–Crippen LogP) is 2.34. The minimum atomic E-state index is 0.448. The Bertz CT molecular complexity index is 422. The molecule has 1 atom stereocenters. The van der Waals surface area contributed by atoms with Crippen LogP contribution in [0.2, 0.25) is 0 Å². The van der Waals surface area contributed by atoms with Crippen molar-refractivity contribution in [2.75, 3.05) is 13.1 Å². The Hall–Kier alpha value is -1.52. The Morgan fingerprint density at radius 1 is 1.33 bits per heavy atom. The predicted molar refractivity (Wildman–Crippen MR) is 89.6 cm³/mol. The van der Waals surface area contributed by atoms with E-state index in [1.807, 2.05) is 24.1 Å². The van der Waals surface area contributed by atoms with Crippen molar-refractivity contribution in [2.24, 2.45) is 18.0 Å². The number of aryl methyl sites for hydroxylation is 1. The van der Waals surface area contributed by atoms with Crippen LogP contribution in [-0.4, -0.2) is 34.9 Å². The van der Waals surface area contributed by atoms with E-state index in [1.54, 1.807) is 0 Å². The molecule has 1 aromatic heterocycles. The van der Waals surface area contributed by atoms with Gasteiger partial charge in [0.1, 0.15) is 0 Å². The van der Waals surface area contributed by atoms with Crippen LogP contribution in [0.1, 0.15) is 46.1 Å². The number of aliphatic imine (C=N–C) groups is 1. The number of nitrogens with zero attached hydrogens (tertiary/aromatic N) is 3. The summed E-state index contributed by atoms with van der Waals surface area (Å²) in [7, 11) is 1.94. The molecule has 1 rings (SSSR count). The van der Waals surface area contributed by atoms with E-state index in [2.05, 4.69) is 48.4 Å². The number of hydrogen-bond donors (Lipinski definition) is 2. The van der Waals surface area contributed by atoms with E-state index < -0.39 is 0 Å². The number of guanidine groups is 1. The first-order chi connectivity index (χ1) is 10.0. The smallest absolute Gasteiger partial charge is 0.191 e.